The van der Waals surface area contributed by atoms with Crippen molar-refractivity contribution in [3.63, 3.8) is 0 Å². The van der Waals surface area contributed by atoms with Gasteiger partial charge in [-0.3, -0.25) is 0 Å². The molecule has 0 unspecified atom stereocenters. The molecule has 0 fully saturated rings. The summed E-state index contributed by atoms with van der Waals surface area (Å²) in [4.78, 5) is 0.0676. The minimum atomic E-state index is -3.86. The van der Waals surface area contributed by atoms with Crippen molar-refractivity contribution in [3.8, 4) is 28.4 Å². The van der Waals surface area contributed by atoms with Crippen molar-refractivity contribution in [1.29, 1.82) is 0 Å². The van der Waals surface area contributed by atoms with Gasteiger partial charge in [-0.1, -0.05) is 11.2 Å². The van der Waals surface area contributed by atoms with E-state index < -0.39 is 10.0 Å². The van der Waals surface area contributed by atoms with Gasteiger partial charge in [0.15, 0.2) is 11.5 Å². The number of nitrogens with one attached hydrogen (secondary N) is 1. The number of rotatable bonds is 7. The van der Waals surface area contributed by atoms with Gasteiger partial charge in [0, 0.05) is 0 Å². The van der Waals surface area contributed by atoms with Crippen LogP contribution in [-0.2, 0) is 10.0 Å². The zero-order valence-corrected chi connectivity index (χ0v) is 15.7. The Morgan fingerprint density at radius 1 is 0.926 bits per heavy atom. The van der Waals surface area contributed by atoms with Crippen LogP contribution in [0.1, 0.15) is 0 Å². The third kappa shape index (κ3) is 3.82. The Morgan fingerprint density at radius 3 is 2.26 bits per heavy atom. The SMILES string of the molecule is COc1ccc(S(=O)(=O)Nc2oncc2-c2ccc(OC)c(OC)c2)cc1. The summed E-state index contributed by atoms with van der Waals surface area (Å²) >= 11 is 0. The summed E-state index contributed by atoms with van der Waals surface area (Å²) < 4.78 is 48.3. The summed E-state index contributed by atoms with van der Waals surface area (Å²) in [6.07, 6.45) is 1.42. The highest BCUT2D eigenvalue weighted by Gasteiger charge is 2.21. The normalized spacial score (nSPS) is 11.1. The number of methoxy groups -OCH3 is 3. The van der Waals surface area contributed by atoms with Gasteiger partial charge in [-0.15, -0.1) is 0 Å². The predicted molar refractivity (Wildman–Crippen MR) is 98.8 cm³/mol. The molecule has 0 radical (unpaired) electrons. The molecule has 0 bridgehead atoms. The van der Waals surface area contributed by atoms with Gasteiger partial charge < -0.3 is 18.7 Å². The van der Waals surface area contributed by atoms with Crippen LogP contribution in [0, 0.1) is 0 Å². The Bertz CT molecular complexity index is 1030. The molecule has 27 heavy (non-hydrogen) atoms. The summed E-state index contributed by atoms with van der Waals surface area (Å²) in [7, 11) is 0.693. The highest BCUT2D eigenvalue weighted by molar-refractivity contribution is 7.92. The highest BCUT2D eigenvalue weighted by atomic mass is 32.2. The molecular weight excluding hydrogens is 372 g/mol. The van der Waals surface area contributed by atoms with E-state index in [0.717, 1.165) is 0 Å². The van der Waals surface area contributed by atoms with E-state index in [-0.39, 0.29) is 10.8 Å². The summed E-state index contributed by atoms with van der Waals surface area (Å²) in [5.41, 5.74) is 1.12. The van der Waals surface area contributed by atoms with Crippen molar-refractivity contribution in [3.05, 3.63) is 48.7 Å². The van der Waals surface area contributed by atoms with E-state index >= 15 is 0 Å². The number of benzene rings is 2. The van der Waals surface area contributed by atoms with Gasteiger partial charge >= 0.3 is 0 Å². The number of ether oxygens (including phenoxy) is 3. The lowest BCUT2D eigenvalue weighted by atomic mass is 10.1. The predicted octanol–water partition coefficient (Wildman–Crippen LogP) is 3.17. The molecule has 1 heterocycles. The Kier molecular flexibility index (Phi) is 5.22. The molecule has 0 saturated heterocycles. The third-order valence-electron chi connectivity index (χ3n) is 3.86. The van der Waals surface area contributed by atoms with Crippen molar-refractivity contribution in [1.82, 2.24) is 5.16 Å². The maximum Gasteiger partial charge on any atom is 0.264 e. The topological polar surface area (TPSA) is 99.9 Å². The Labute approximate surface area is 156 Å². The highest BCUT2D eigenvalue weighted by Crippen LogP contribution is 2.36. The van der Waals surface area contributed by atoms with Gasteiger partial charge in [-0.05, 0) is 42.0 Å². The molecule has 0 atom stereocenters. The Morgan fingerprint density at radius 2 is 1.63 bits per heavy atom. The summed E-state index contributed by atoms with van der Waals surface area (Å²) in [5.74, 6) is 1.61. The average molecular weight is 390 g/mol. The lowest BCUT2D eigenvalue weighted by molar-refractivity contribution is 0.355. The molecule has 2 aromatic carbocycles. The number of aromatic nitrogens is 1. The van der Waals surface area contributed by atoms with Gasteiger partial charge in [-0.25, -0.2) is 13.1 Å². The first-order valence-corrected chi connectivity index (χ1v) is 9.30. The maximum atomic E-state index is 12.6. The van der Waals surface area contributed by atoms with Gasteiger partial charge in [0.2, 0.25) is 5.88 Å². The zero-order chi connectivity index (χ0) is 19.4. The fourth-order valence-corrected chi connectivity index (χ4v) is 3.46. The molecular formula is C18H18N2O6S. The summed E-state index contributed by atoms with van der Waals surface area (Å²) in [5, 5.41) is 3.71. The fourth-order valence-electron chi connectivity index (χ4n) is 2.46. The van der Waals surface area contributed by atoms with Crippen LogP contribution in [0.4, 0.5) is 5.88 Å². The monoisotopic (exact) mass is 390 g/mol. The minimum absolute atomic E-state index is 0.00182. The molecule has 1 aromatic heterocycles. The van der Waals surface area contributed by atoms with Gasteiger partial charge in [0.1, 0.15) is 5.75 Å². The first kappa shape index (κ1) is 18.6. The second-order valence-corrected chi connectivity index (χ2v) is 7.10. The molecule has 0 aliphatic heterocycles. The summed E-state index contributed by atoms with van der Waals surface area (Å²) in [6, 6.07) is 11.2. The smallest absolute Gasteiger partial charge is 0.264 e. The quantitative estimate of drug-likeness (QED) is 0.661. The number of hydrogen-bond donors (Lipinski definition) is 1. The van der Waals surface area contributed by atoms with E-state index in [9.17, 15) is 8.42 Å². The first-order chi connectivity index (χ1) is 13.0. The molecule has 0 spiro atoms. The molecule has 3 rings (SSSR count). The molecule has 8 nitrogen and oxygen atoms in total. The van der Waals surface area contributed by atoms with Crippen LogP contribution in [0.5, 0.6) is 17.2 Å². The van der Waals surface area contributed by atoms with Crippen LogP contribution in [0.15, 0.2) is 58.1 Å². The van der Waals surface area contributed by atoms with E-state index in [2.05, 4.69) is 9.88 Å². The summed E-state index contributed by atoms with van der Waals surface area (Å²) in [6.45, 7) is 0. The molecule has 0 amide bonds. The average Bonchev–Trinajstić information content (AvgIpc) is 3.14. The van der Waals surface area contributed by atoms with Gasteiger partial charge in [0.05, 0.1) is 38.0 Å². The first-order valence-electron chi connectivity index (χ1n) is 7.82. The van der Waals surface area contributed by atoms with Crippen LogP contribution in [-0.4, -0.2) is 34.9 Å². The van der Waals surface area contributed by atoms with E-state index in [1.807, 2.05) is 0 Å². The number of sulfonamides is 1. The number of nitrogens with zero attached hydrogens (tertiary/aromatic N) is 1. The van der Waals surface area contributed by atoms with Crippen LogP contribution in [0.2, 0.25) is 0 Å². The lowest BCUT2D eigenvalue weighted by Gasteiger charge is -2.10. The Balaban J connectivity index is 1.93. The van der Waals surface area contributed by atoms with Crippen molar-refractivity contribution in [2.24, 2.45) is 0 Å². The molecule has 0 saturated carbocycles. The molecule has 0 aliphatic rings. The molecule has 1 N–H and O–H groups in total. The largest absolute Gasteiger partial charge is 0.497 e. The van der Waals surface area contributed by atoms with Crippen molar-refractivity contribution >= 4 is 15.9 Å². The van der Waals surface area contributed by atoms with Crippen molar-refractivity contribution in [2.75, 3.05) is 26.1 Å². The van der Waals surface area contributed by atoms with E-state index in [1.165, 1.54) is 39.7 Å². The van der Waals surface area contributed by atoms with Crippen molar-refractivity contribution < 1.29 is 27.2 Å². The molecule has 9 heteroatoms. The van der Waals surface area contributed by atoms with E-state index in [0.29, 0.717) is 28.4 Å². The second kappa shape index (κ2) is 7.58. The molecule has 3 aromatic rings. The zero-order valence-electron chi connectivity index (χ0n) is 14.9. The number of anilines is 1. The van der Waals surface area contributed by atoms with Gasteiger partial charge in [-0.2, -0.15) is 0 Å². The number of hydrogen-bond acceptors (Lipinski definition) is 7. The standard InChI is InChI=1S/C18H18N2O6S/c1-23-13-5-7-14(8-6-13)27(21,22)20-18-15(11-19-26-18)12-4-9-16(24-2)17(10-12)25-3/h4-11,20H,1-3H3. The van der Waals surface area contributed by atoms with E-state index in [1.54, 1.807) is 30.3 Å². The van der Waals surface area contributed by atoms with Crippen LogP contribution in [0.25, 0.3) is 11.1 Å². The lowest BCUT2D eigenvalue weighted by Crippen LogP contribution is -2.13. The minimum Gasteiger partial charge on any atom is -0.497 e. The van der Waals surface area contributed by atoms with E-state index in [4.69, 9.17) is 18.7 Å². The van der Waals surface area contributed by atoms with Crippen molar-refractivity contribution in [2.45, 2.75) is 4.90 Å². The third-order valence-corrected chi connectivity index (χ3v) is 5.21. The molecule has 0 aliphatic carbocycles. The van der Waals surface area contributed by atoms with Crippen LogP contribution in [0.3, 0.4) is 0 Å². The Hall–Kier alpha value is -3.20. The van der Waals surface area contributed by atoms with Gasteiger partial charge in [0.25, 0.3) is 10.0 Å². The van der Waals surface area contributed by atoms with Crippen LogP contribution >= 0.6 is 0 Å². The van der Waals surface area contributed by atoms with Crippen LogP contribution < -0.4 is 18.9 Å². The maximum absolute atomic E-state index is 12.6. The molecule has 142 valence electrons. The second-order valence-electron chi connectivity index (χ2n) is 5.42. The fraction of sp³-hybridized carbons (Fsp3) is 0.167.